The Hall–Kier alpha value is -1.12. The first-order chi connectivity index (χ1) is 6.81. The molecule has 1 aromatic heterocycles. The van der Waals surface area contributed by atoms with E-state index in [1.54, 1.807) is 0 Å². The average Bonchev–Trinajstić information content (AvgIpc) is 2.74. The lowest BCUT2D eigenvalue weighted by Gasteiger charge is -2.15. The van der Waals surface area contributed by atoms with Gasteiger partial charge in [-0.1, -0.05) is 0 Å². The molecule has 14 heavy (non-hydrogen) atoms. The van der Waals surface area contributed by atoms with Gasteiger partial charge < -0.3 is 5.32 Å². The zero-order chi connectivity index (χ0) is 9.54. The van der Waals surface area contributed by atoms with E-state index in [2.05, 4.69) is 10.3 Å². The molecule has 0 aliphatic heterocycles. The summed E-state index contributed by atoms with van der Waals surface area (Å²) in [7, 11) is 0. The largest absolute Gasteiger partial charge is 0.382 e. The van der Waals surface area contributed by atoms with Crippen LogP contribution < -0.4 is 5.32 Å². The van der Waals surface area contributed by atoms with Crippen molar-refractivity contribution in [1.82, 2.24) is 4.98 Å². The molecule has 0 aromatic carbocycles. The lowest BCUT2D eigenvalue weighted by Crippen LogP contribution is -2.16. The van der Waals surface area contributed by atoms with Gasteiger partial charge in [-0.25, -0.2) is 4.98 Å². The maximum Gasteiger partial charge on any atom is 0.214 e. The van der Waals surface area contributed by atoms with Gasteiger partial charge >= 0.3 is 0 Å². The Balaban J connectivity index is 1.66. The predicted molar refractivity (Wildman–Crippen MR) is 52.4 cm³/mol. The van der Waals surface area contributed by atoms with Crippen LogP contribution in [0.4, 0.5) is 10.1 Å². The summed E-state index contributed by atoms with van der Waals surface area (Å²) in [5.41, 5.74) is 0.865. The van der Waals surface area contributed by atoms with Gasteiger partial charge in [-0.05, 0) is 37.2 Å². The fourth-order valence-corrected chi connectivity index (χ4v) is 2.56. The van der Waals surface area contributed by atoms with Crippen LogP contribution in [0.2, 0.25) is 0 Å². The van der Waals surface area contributed by atoms with Crippen molar-refractivity contribution >= 4 is 5.69 Å². The van der Waals surface area contributed by atoms with Crippen molar-refractivity contribution in [1.29, 1.82) is 0 Å². The molecule has 2 unspecified atom stereocenters. The van der Waals surface area contributed by atoms with Crippen molar-refractivity contribution in [2.24, 2.45) is 11.8 Å². The second-order valence-corrected chi connectivity index (χ2v) is 4.44. The monoisotopic (exact) mass is 192 g/mol. The van der Waals surface area contributed by atoms with Crippen molar-refractivity contribution < 1.29 is 4.39 Å². The number of hydrogen-bond donors (Lipinski definition) is 1. The summed E-state index contributed by atoms with van der Waals surface area (Å²) in [4.78, 5) is 3.53. The Morgan fingerprint density at radius 1 is 1.29 bits per heavy atom. The summed E-state index contributed by atoms with van der Waals surface area (Å²) in [6.45, 7) is 0. The van der Waals surface area contributed by atoms with Crippen LogP contribution in [-0.4, -0.2) is 11.0 Å². The number of nitrogens with zero attached hydrogens (tertiary/aromatic N) is 1. The summed E-state index contributed by atoms with van der Waals surface area (Å²) >= 11 is 0. The van der Waals surface area contributed by atoms with Gasteiger partial charge in [0.05, 0.1) is 0 Å². The Bertz CT molecular complexity index is 343. The van der Waals surface area contributed by atoms with Gasteiger partial charge in [-0.2, -0.15) is 4.39 Å². The van der Waals surface area contributed by atoms with Crippen molar-refractivity contribution in [2.45, 2.75) is 25.3 Å². The smallest absolute Gasteiger partial charge is 0.214 e. The first kappa shape index (κ1) is 8.21. The van der Waals surface area contributed by atoms with Crippen LogP contribution in [0.5, 0.6) is 0 Å². The van der Waals surface area contributed by atoms with E-state index < -0.39 is 5.95 Å². The molecule has 0 amide bonds. The van der Waals surface area contributed by atoms with Crippen molar-refractivity contribution in [2.75, 3.05) is 5.32 Å². The van der Waals surface area contributed by atoms with E-state index in [1.165, 1.54) is 31.5 Å². The quantitative estimate of drug-likeness (QED) is 0.728. The maximum absolute atomic E-state index is 12.8. The van der Waals surface area contributed by atoms with Crippen molar-refractivity contribution in [3.8, 4) is 0 Å². The van der Waals surface area contributed by atoms with Crippen molar-refractivity contribution in [3.63, 3.8) is 0 Å². The van der Waals surface area contributed by atoms with E-state index in [9.17, 15) is 4.39 Å². The van der Waals surface area contributed by atoms with Crippen LogP contribution in [-0.2, 0) is 0 Å². The zero-order valence-electron chi connectivity index (χ0n) is 7.91. The van der Waals surface area contributed by atoms with Crippen LogP contribution in [0.25, 0.3) is 0 Å². The molecule has 2 atom stereocenters. The Labute approximate surface area is 82.5 Å². The minimum absolute atomic E-state index is 0.404. The van der Waals surface area contributed by atoms with Gasteiger partial charge in [0, 0.05) is 24.0 Å². The average molecular weight is 192 g/mol. The van der Waals surface area contributed by atoms with Crippen LogP contribution in [0.1, 0.15) is 19.3 Å². The lowest BCUT2D eigenvalue weighted by molar-refractivity contribution is 0.583. The minimum Gasteiger partial charge on any atom is -0.382 e. The molecular weight excluding hydrogens is 179 g/mol. The second kappa shape index (κ2) is 2.94. The molecule has 1 aromatic rings. The van der Waals surface area contributed by atoms with E-state index in [-0.39, 0.29) is 0 Å². The molecule has 3 rings (SSSR count). The molecule has 1 N–H and O–H groups in total. The predicted octanol–water partition coefficient (Wildman–Crippen LogP) is 2.43. The number of aromatic nitrogens is 1. The molecule has 2 saturated carbocycles. The minimum atomic E-state index is -0.404. The van der Waals surface area contributed by atoms with Crippen LogP contribution in [0.15, 0.2) is 18.3 Å². The molecular formula is C11H13FN2. The summed E-state index contributed by atoms with van der Waals surface area (Å²) < 4.78 is 12.8. The summed E-state index contributed by atoms with van der Waals surface area (Å²) in [5, 5.41) is 3.36. The Morgan fingerprint density at radius 3 is 2.79 bits per heavy atom. The molecule has 2 nitrogen and oxygen atoms in total. The third kappa shape index (κ3) is 1.47. The van der Waals surface area contributed by atoms with Gasteiger partial charge in [0.15, 0.2) is 0 Å². The highest BCUT2D eigenvalue weighted by atomic mass is 19.1. The third-order valence-electron chi connectivity index (χ3n) is 3.34. The van der Waals surface area contributed by atoms with Crippen LogP contribution in [0.3, 0.4) is 0 Å². The fraction of sp³-hybridized carbons (Fsp3) is 0.545. The second-order valence-electron chi connectivity index (χ2n) is 4.44. The van der Waals surface area contributed by atoms with Gasteiger partial charge in [-0.15, -0.1) is 0 Å². The molecule has 2 aliphatic rings. The molecule has 74 valence electrons. The van der Waals surface area contributed by atoms with E-state index >= 15 is 0 Å². The molecule has 0 saturated heterocycles. The topological polar surface area (TPSA) is 24.9 Å². The molecule has 0 bridgehead atoms. The van der Waals surface area contributed by atoms with Crippen LogP contribution in [0, 0.1) is 17.8 Å². The standard InChI is InChI=1S/C11H13FN2/c12-11-6-9(1-2-13-11)14-10-4-7-3-8(7)5-10/h1-2,6-8,10H,3-5H2,(H,13,14). The van der Waals surface area contributed by atoms with Crippen molar-refractivity contribution in [3.05, 3.63) is 24.3 Å². The highest BCUT2D eigenvalue weighted by Crippen LogP contribution is 2.52. The van der Waals surface area contributed by atoms with Gasteiger partial charge in [0.1, 0.15) is 0 Å². The highest BCUT2D eigenvalue weighted by molar-refractivity contribution is 5.42. The fourth-order valence-electron chi connectivity index (χ4n) is 2.56. The number of halogens is 1. The summed E-state index contributed by atoms with van der Waals surface area (Å²) in [6.07, 6.45) is 5.44. The van der Waals surface area contributed by atoms with E-state index in [0.717, 1.165) is 17.5 Å². The Morgan fingerprint density at radius 2 is 2.07 bits per heavy atom. The number of pyridine rings is 1. The van der Waals surface area contributed by atoms with Crippen LogP contribution >= 0.6 is 0 Å². The number of rotatable bonds is 2. The number of fused-ring (bicyclic) bond motifs is 1. The Kier molecular flexibility index (Phi) is 1.72. The van der Waals surface area contributed by atoms with Gasteiger partial charge in [0.25, 0.3) is 0 Å². The first-order valence-corrected chi connectivity index (χ1v) is 5.19. The van der Waals surface area contributed by atoms with Gasteiger partial charge in [0.2, 0.25) is 5.95 Å². The van der Waals surface area contributed by atoms with E-state index in [0.29, 0.717) is 6.04 Å². The molecule has 2 fully saturated rings. The molecule has 0 radical (unpaired) electrons. The molecule has 1 heterocycles. The lowest BCUT2D eigenvalue weighted by atomic mass is 10.1. The SMILES string of the molecule is Fc1cc(NC2CC3CC3C2)ccn1. The van der Waals surface area contributed by atoms with E-state index in [1.807, 2.05) is 6.07 Å². The number of hydrogen-bond acceptors (Lipinski definition) is 2. The zero-order valence-corrected chi connectivity index (χ0v) is 7.91. The molecule has 0 spiro atoms. The first-order valence-electron chi connectivity index (χ1n) is 5.19. The molecule has 2 aliphatic carbocycles. The molecule has 3 heteroatoms. The normalized spacial score (nSPS) is 33.9. The summed E-state index contributed by atoms with van der Waals surface area (Å²) in [6, 6.07) is 3.84. The number of anilines is 1. The third-order valence-corrected chi connectivity index (χ3v) is 3.34. The van der Waals surface area contributed by atoms with Gasteiger partial charge in [-0.3, -0.25) is 0 Å². The maximum atomic E-state index is 12.8. The summed E-state index contributed by atoms with van der Waals surface area (Å²) in [5.74, 6) is 1.51. The van der Waals surface area contributed by atoms with E-state index in [4.69, 9.17) is 0 Å². The number of nitrogens with one attached hydrogen (secondary N) is 1. The highest BCUT2D eigenvalue weighted by Gasteiger charge is 2.45.